The molecule has 1 aromatic heterocycles. The molecule has 0 N–H and O–H groups in total. The molecule has 0 atom stereocenters. The van der Waals surface area contributed by atoms with Crippen molar-refractivity contribution in [1.82, 2.24) is 4.57 Å². The number of nitriles is 1. The van der Waals surface area contributed by atoms with Crippen molar-refractivity contribution >= 4 is 11.6 Å². The van der Waals surface area contributed by atoms with Gasteiger partial charge in [-0.3, -0.25) is 0 Å². The molecule has 0 amide bonds. The van der Waals surface area contributed by atoms with E-state index in [4.69, 9.17) is 21.6 Å². The Kier molecular flexibility index (Phi) is 3.31. The van der Waals surface area contributed by atoms with Crippen molar-refractivity contribution in [3.63, 3.8) is 0 Å². The maximum absolute atomic E-state index is 9.06. The SMILES string of the molecule is COc1ccc(Cl)cc1-c1cc(C#N)c(C)n1C. The fraction of sp³-hybridized carbons (Fsp3) is 0.214. The maximum atomic E-state index is 9.06. The lowest BCUT2D eigenvalue weighted by atomic mass is 10.1. The summed E-state index contributed by atoms with van der Waals surface area (Å²) in [6.07, 6.45) is 0. The van der Waals surface area contributed by atoms with Crippen LogP contribution in [0, 0.1) is 18.3 Å². The molecule has 3 nitrogen and oxygen atoms in total. The Morgan fingerprint density at radius 2 is 2.06 bits per heavy atom. The number of halogens is 1. The van der Waals surface area contributed by atoms with Gasteiger partial charge in [-0.1, -0.05) is 11.6 Å². The number of hydrogen-bond acceptors (Lipinski definition) is 2. The number of rotatable bonds is 2. The van der Waals surface area contributed by atoms with Gasteiger partial charge >= 0.3 is 0 Å². The van der Waals surface area contributed by atoms with Crippen LogP contribution in [0.25, 0.3) is 11.3 Å². The Hall–Kier alpha value is -1.92. The molecule has 0 bridgehead atoms. The van der Waals surface area contributed by atoms with Gasteiger partial charge in [0.1, 0.15) is 11.8 Å². The topological polar surface area (TPSA) is 37.9 Å². The van der Waals surface area contributed by atoms with Crippen LogP contribution in [0.3, 0.4) is 0 Å². The van der Waals surface area contributed by atoms with Crippen molar-refractivity contribution in [2.75, 3.05) is 7.11 Å². The molecular weight excluding hydrogens is 248 g/mol. The summed E-state index contributed by atoms with van der Waals surface area (Å²) in [6.45, 7) is 1.92. The second-order valence-electron chi connectivity index (χ2n) is 4.04. The summed E-state index contributed by atoms with van der Waals surface area (Å²) in [7, 11) is 3.54. The van der Waals surface area contributed by atoms with Crippen molar-refractivity contribution < 1.29 is 4.74 Å². The molecule has 0 radical (unpaired) electrons. The van der Waals surface area contributed by atoms with Crippen LogP contribution in [0.15, 0.2) is 24.3 Å². The Morgan fingerprint density at radius 1 is 1.33 bits per heavy atom. The van der Waals surface area contributed by atoms with Crippen LogP contribution >= 0.6 is 11.6 Å². The standard InChI is InChI=1S/C14H13ClN2O/c1-9-10(8-16)6-13(17(9)2)12-7-11(15)4-5-14(12)18-3/h4-7H,1-3H3. The van der Waals surface area contributed by atoms with Crippen molar-refractivity contribution in [2.45, 2.75) is 6.92 Å². The van der Waals surface area contributed by atoms with Crippen LogP contribution in [0.2, 0.25) is 5.02 Å². The Labute approximate surface area is 111 Å². The van der Waals surface area contributed by atoms with Gasteiger partial charge in [-0.05, 0) is 31.2 Å². The van der Waals surface area contributed by atoms with E-state index >= 15 is 0 Å². The van der Waals surface area contributed by atoms with Gasteiger partial charge in [0.2, 0.25) is 0 Å². The second kappa shape index (κ2) is 4.75. The van der Waals surface area contributed by atoms with E-state index < -0.39 is 0 Å². The fourth-order valence-corrected chi connectivity index (χ4v) is 2.12. The highest BCUT2D eigenvalue weighted by atomic mass is 35.5. The first-order chi connectivity index (χ1) is 8.58. The number of methoxy groups -OCH3 is 1. The number of aromatic nitrogens is 1. The third-order valence-electron chi connectivity index (χ3n) is 3.09. The van der Waals surface area contributed by atoms with Gasteiger partial charge in [-0.25, -0.2) is 0 Å². The Bertz CT molecular complexity index is 638. The molecule has 0 unspecified atom stereocenters. The Morgan fingerprint density at radius 3 is 2.61 bits per heavy atom. The van der Waals surface area contributed by atoms with Crippen LogP contribution in [0.1, 0.15) is 11.3 Å². The number of hydrogen-bond donors (Lipinski definition) is 0. The Balaban J connectivity index is 2.69. The summed E-state index contributed by atoms with van der Waals surface area (Å²) in [4.78, 5) is 0. The van der Waals surface area contributed by atoms with E-state index in [2.05, 4.69) is 6.07 Å². The third kappa shape index (κ3) is 1.96. The van der Waals surface area contributed by atoms with E-state index in [9.17, 15) is 0 Å². The average Bonchev–Trinajstić information content (AvgIpc) is 2.66. The van der Waals surface area contributed by atoms with Gasteiger partial charge in [0.25, 0.3) is 0 Å². The normalized spacial score (nSPS) is 10.2. The molecule has 0 aliphatic heterocycles. The fourth-order valence-electron chi connectivity index (χ4n) is 1.95. The summed E-state index contributed by atoms with van der Waals surface area (Å²) >= 11 is 6.03. The molecule has 18 heavy (non-hydrogen) atoms. The highest BCUT2D eigenvalue weighted by Gasteiger charge is 2.14. The smallest absolute Gasteiger partial charge is 0.128 e. The summed E-state index contributed by atoms with van der Waals surface area (Å²) in [6, 6.07) is 9.49. The summed E-state index contributed by atoms with van der Waals surface area (Å²) in [5, 5.41) is 9.71. The lowest BCUT2D eigenvalue weighted by Gasteiger charge is -2.10. The lowest BCUT2D eigenvalue weighted by Crippen LogP contribution is -1.96. The van der Waals surface area contributed by atoms with Gasteiger partial charge in [0.05, 0.1) is 18.4 Å². The van der Waals surface area contributed by atoms with Crippen LogP contribution in [0.5, 0.6) is 5.75 Å². The molecule has 92 valence electrons. The number of ether oxygens (including phenoxy) is 1. The molecule has 0 fully saturated rings. The molecule has 2 aromatic rings. The van der Waals surface area contributed by atoms with E-state index in [-0.39, 0.29) is 0 Å². The van der Waals surface area contributed by atoms with Crippen LogP contribution in [-0.2, 0) is 7.05 Å². The number of benzene rings is 1. The number of nitrogens with zero attached hydrogens (tertiary/aromatic N) is 2. The molecule has 1 aromatic carbocycles. The average molecular weight is 261 g/mol. The largest absolute Gasteiger partial charge is 0.496 e. The van der Waals surface area contributed by atoms with E-state index in [1.807, 2.05) is 36.7 Å². The van der Waals surface area contributed by atoms with Crippen molar-refractivity contribution in [1.29, 1.82) is 5.26 Å². The predicted molar refractivity (Wildman–Crippen MR) is 71.9 cm³/mol. The minimum atomic E-state index is 0.642. The molecule has 0 saturated carbocycles. The zero-order valence-electron chi connectivity index (χ0n) is 10.5. The minimum absolute atomic E-state index is 0.642. The van der Waals surface area contributed by atoms with Crippen LogP contribution in [-0.4, -0.2) is 11.7 Å². The van der Waals surface area contributed by atoms with Gasteiger partial charge < -0.3 is 9.30 Å². The molecule has 0 saturated heterocycles. The highest BCUT2D eigenvalue weighted by Crippen LogP contribution is 2.34. The van der Waals surface area contributed by atoms with Crippen LogP contribution < -0.4 is 4.74 Å². The van der Waals surface area contributed by atoms with Gasteiger partial charge in [-0.2, -0.15) is 5.26 Å². The monoisotopic (exact) mass is 260 g/mol. The predicted octanol–water partition coefficient (Wildman–Crippen LogP) is 3.53. The van der Waals surface area contributed by atoms with Crippen LogP contribution in [0.4, 0.5) is 0 Å². The molecule has 0 aliphatic carbocycles. The molecule has 2 rings (SSSR count). The third-order valence-corrected chi connectivity index (χ3v) is 3.33. The van der Waals surface area contributed by atoms with Crippen molar-refractivity contribution in [2.24, 2.45) is 7.05 Å². The first kappa shape index (κ1) is 12.5. The molecular formula is C14H13ClN2O. The zero-order chi connectivity index (χ0) is 13.3. The zero-order valence-corrected chi connectivity index (χ0v) is 11.2. The van der Waals surface area contributed by atoms with E-state index in [1.165, 1.54) is 0 Å². The molecule has 1 heterocycles. The minimum Gasteiger partial charge on any atom is -0.496 e. The van der Waals surface area contributed by atoms with E-state index in [0.29, 0.717) is 10.6 Å². The maximum Gasteiger partial charge on any atom is 0.128 e. The van der Waals surface area contributed by atoms with Gasteiger partial charge in [0, 0.05) is 23.3 Å². The second-order valence-corrected chi connectivity index (χ2v) is 4.48. The van der Waals surface area contributed by atoms with Gasteiger partial charge in [-0.15, -0.1) is 0 Å². The molecule has 0 aliphatic rings. The molecule has 0 spiro atoms. The summed E-state index contributed by atoms with van der Waals surface area (Å²) in [5.74, 6) is 0.740. The lowest BCUT2D eigenvalue weighted by molar-refractivity contribution is 0.416. The quantitative estimate of drug-likeness (QED) is 0.828. The molecule has 4 heteroatoms. The first-order valence-corrected chi connectivity index (χ1v) is 5.86. The summed E-state index contributed by atoms with van der Waals surface area (Å²) < 4.78 is 7.30. The first-order valence-electron chi connectivity index (χ1n) is 5.48. The van der Waals surface area contributed by atoms with E-state index in [0.717, 1.165) is 22.7 Å². The van der Waals surface area contributed by atoms with Gasteiger partial charge in [0.15, 0.2) is 0 Å². The summed E-state index contributed by atoms with van der Waals surface area (Å²) in [5.41, 5.74) is 3.39. The van der Waals surface area contributed by atoms with Crippen molar-refractivity contribution in [3.8, 4) is 23.1 Å². The van der Waals surface area contributed by atoms with E-state index in [1.54, 1.807) is 13.2 Å². The van der Waals surface area contributed by atoms with Crippen molar-refractivity contribution in [3.05, 3.63) is 40.5 Å². The highest BCUT2D eigenvalue weighted by molar-refractivity contribution is 6.31.